The molecule has 1 aromatic rings. The largest absolute Gasteiger partial charge is 0.329 e. The van der Waals surface area contributed by atoms with Crippen LogP contribution in [0.5, 0.6) is 0 Å². The van der Waals surface area contributed by atoms with Gasteiger partial charge in [-0.25, -0.2) is 21.6 Å². The number of hydrogen-bond acceptors (Lipinski definition) is 5. The standard InChI is InChI=1S/C15H24N2O4S2/c1-11-8-13(22(3,18)19)12(2)14(9-11)23(20,21)17-15(10-16)6-4-5-7-15/h8-9,17H,4-7,10,16H2,1-3H3. The van der Waals surface area contributed by atoms with Gasteiger partial charge in [-0.2, -0.15) is 0 Å². The van der Waals surface area contributed by atoms with E-state index in [0.29, 0.717) is 18.4 Å². The Labute approximate surface area is 138 Å². The maximum atomic E-state index is 12.8. The maximum absolute atomic E-state index is 12.8. The number of rotatable bonds is 5. The first-order chi connectivity index (χ1) is 10.5. The summed E-state index contributed by atoms with van der Waals surface area (Å²) in [5.74, 6) is 0. The molecule has 2 rings (SSSR count). The number of sulfonamides is 1. The fourth-order valence-corrected chi connectivity index (χ4v) is 6.15. The van der Waals surface area contributed by atoms with Crippen molar-refractivity contribution in [3.63, 3.8) is 0 Å². The van der Waals surface area contributed by atoms with Crippen molar-refractivity contribution in [1.82, 2.24) is 4.72 Å². The Morgan fingerprint density at radius 1 is 1.09 bits per heavy atom. The van der Waals surface area contributed by atoms with Crippen molar-refractivity contribution >= 4 is 19.9 Å². The molecule has 0 aliphatic heterocycles. The van der Waals surface area contributed by atoms with Crippen LogP contribution in [-0.4, -0.2) is 35.2 Å². The molecule has 0 saturated heterocycles. The number of nitrogens with two attached hydrogens (primary N) is 1. The van der Waals surface area contributed by atoms with E-state index >= 15 is 0 Å². The van der Waals surface area contributed by atoms with Gasteiger partial charge < -0.3 is 5.73 Å². The Morgan fingerprint density at radius 2 is 1.61 bits per heavy atom. The minimum Gasteiger partial charge on any atom is -0.329 e. The predicted molar refractivity (Wildman–Crippen MR) is 89.6 cm³/mol. The smallest absolute Gasteiger partial charge is 0.241 e. The van der Waals surface area contributed by atoms with Gasteiger partial charge in [0.1, 0.15) is 0 Å². The fraction of sp³-hybridized carbons (Fsp3) is 0.600. The lowest BCUT2D eigenvalue weighted by Gasteiger charge is -2.29. The zero-order valence-corrected chi connectivity index (χ0v) is 15.4. The van der Waals surface area contributed by atoms with Crippen molar-refractivity contribution < 1.29 is 16.8 Å². The van der Waals surface area contributed by atoms with Crippen molar-refractivity contribution in [3.05, 3.63) is 23.3 Å². The number of aryl methyl sites for hydroxylation is 1. The van der Waals surface area contributed by atoms with E-state index in [4.69, 9.17) is 5.73 Å². The highest BCUT2D eigenvalue weighted by Gasteiger charge is 2.37. The van der Waals surface area contributed by atoms with E-state index in [9.17, 15) is 16.8 Å². The summed E-state index contributed by atoms with van der Waals surface area (Å²) in [7, 11) is -7.35. The van der Waals surface area contributed by atoms with E-state index in [1.807, 2.05) is 0 Å². The van der Waals surface area contributed by atoms with Crippen LogP contribution in [-0.2, 0) is 19.9 Å². The molecule has 23 heavy (non-hydrogen) atoms. The lowest BCUT2D eigenvalue weighted by molar-refractivity contribution is 0.399. The molecule has 1 aliphatic rings. The second kappa shape index (κ2) is 6.16. The van der Waals surface area contributed by atoms with Gasteiger partial charge in [-0.05, 0) is 49.9 Å². The maximum Gasteiger partial charge on any atom is 0.241 e. The topological polar surface area (TPSA) is 106 Å². The summed E-state index contributed by atoms with van der Waals surface area (Å²) >= 11 is 0. The van der Waals surface area contributed by atoms with Crippen LogP contribution in [0, 0.1) is 13.8 Å². The summed E-state index contributed by atoms with van der Waals surface area (Å²) in [6.45, 7) is 3.44. The van der Waals surface area contributed by atoms with Gasteiger partial charge in [0, 0.05) is 18.3 Å². The summed E-state index contributed by atoms with van der Waals surface area (Å²) < 4.78 is 52.2. The highest BCUT2D eigenvalue weighted by molar-refractivity contribution is 7.91. The van der Waals surface area contributed by atoms with Gasteiger partial charge in [0.15, 0.2) is 9.84 Å². The summed E-state index contributed by atoms with van der Waals surface area (Å²) in [4.78, 5) is 0.0590. The Kier molecular flexibility index (Phi) is 4.92. The van der Waals surface area contributed by atoms with Crippen LogP contribution < -0.4 is 10.5 Å². The van der Waals surface area contributed by atoms with Crippen LogP contribution in [0.15, 0.2) is 21.9 Å². The van der Waals surface area contributed by atoms with Crippen LogP contribution in [0.4, 0.5) is 0 Å². The van der Waals surface area contributed by atoms with E-state index < -0.39 is 25.4 Å². The SMILES string of the molecule is Cc1cc(S(C)(=O)=O)c(C)c(S(=O)(=O)NC2(CN)CCCC2)c1. The average molecular weight is 361 g/mol. The molecule has 1 aliphatic carbocycles. The van der Waals surface area contributed by atoms with E-state index in [1.165, 1.54) is 19.1 Å². The zero-order chi connectivity index (χ0) is 17.5. The van der Waals surface area contributed by atoms with E-state index in [0.717, 1.165) is 19.1 Å². The van der Waals surface area contributed by atoms with Gasteiger partial charge in [0.2, 0.25) is 10.0 Å². The molecule has 0 bridgehead atoms. The van der Waals surface area contributed by atoms with Gasteiger partial charge in [-0.15, -0.1) is 0 Å². The third-order valence-corrected chi connectivity index (χ3v) is 7.38. The molecular weight excluding hydrogens is 336 g/mol. The first kappa shape index (κ1) is 18.4. The van der Waals surface area contributed by atoms with Crippen LogP contribution in [0.2, 0.25) is 0 Å². The number of hydrogen-bond donors (Lipinski definition) is 2. The number of sulfone groups is 1. The quantitative estimate of drug-likeness (QED) is 0.822. The van der Waals surface area contributed by atoms with Crippen molar-refractivity contribution in [2.45, 2.75) is 54.9 Å². The fourth-order valence-electron chi connectivity index (χ4n) is 3.20. The normalized spacial score (nSPS) is 18.3. The van der Waals surface area contributed by atoms with E-state index in [-0.39, 0.29) is 21.9 Å². The van der Waals surface area contributed by atoms with Crippen LogP contribution in [0.3, 0.4) is 0 Å². The van der Waals surface area contributed by atoms with Crippen molar-refractivity contribution in [1.29, 1.82) is 0 Å². The predicted octanol–water partition coefficient (Wildman–Crippen LogP) is 1.26. The molecule has 0 radical (unpaired) electrons. The molecule has 0 aromatic heterocycles. The zero-order valence-electron chi connectivity index (χ0n) is 13.7. The summed E-state index contributed by atoms with van der Waals surface area (Å²) in [6, 6.07) is 3.00. The summed E-state index contributed by atoms with van der Waals surface area (Å²) in [5.41, 5.74) is 6.01. The third kappa shape index (κ3) is 3.76. The number of benzene rings is 1. The molecule has 3 N–H and O–H groups in total. The molecule has 1 fully saturated rings. The van der Waals surface area contributed by atoms with Gasteiger partial charge in [0.05, 0.1) is 9.79 Å². The summed E-state index contributed by atoms with van der Waals surface area (Å²) in [5, 5.41) is 0. The Hall–Kier alpha value is -0.960. The van der Waals surface area contributed by atoms with Gasteiger partial charge in [-0.3, -0.25) is 0 Å². The highest BCUT2D eigenvalue weighted by Crippen LogP contribution is 2.32. The van der Waals surface area contributed by atoms with Crippen LogP contribution in [0.25, 0.3) is 0 Å². The molecule has 0 spiro atoms. The molecule has 130 valence electrons. The monoisotopic (exact) mass is 360 g/mol. The minimum atomic E-state index is -3.84. The molecule has 0 heterocycles. The van der Waals surface area contributed by atoms with Crippen molar-refractivity contribution in [3.8, 4) is 0 Å². The Morgan fingerprint density at radius 3 is 2.09 bits per heavy atom. The molecule has 6 nitrogen and oxygen atoms in total. The van der Waals surface area contributed by atoms with Gasteiger partial charge >= 0.3 is 0 Å². The van der Waals surface area contributed by atoms with Crippen LogP contribution in [0.1, 0.15) is 36.8 Å². The van der Waals surface area contributed by atoms with Crippen molar-refractivity contribution in [2.24, 2.45) is 5.73 Å². The highest BCUT2D eigenvalue weighted by atomic mass is 32.2. The second-order valence-corrected chi connectivity index (χ2v) is 10.1. The first-order valence-electron chi connectivity index (χ1n) is 7.56. The molecular formula is C15H24N2O4S2. The third-order valence-electron chi connectivity index (χ3n) is 4.45. The van der Waals surface area contributed by atoms with Gasteiger partial charge in [0.25, 0.3) is 0 Å². The molecule has 8 heteroatoms. The molecule has 0 atom stereocenters. The van der Waals surface area contributed by atoms with Gasteiger partial charge in [-0.1, -0.05) is 12.8 Å². The lowest BCUT2D eigenvalue weighted by atomic mass is 10.0. The number of nitrogens with one attached hydrogen (secondary N) is 1. The van der Waals surface area contributed by atoms with E-state index in [1.54, 1.807) is 6.92 Å². The second-order valence-electron chi connectivity index (χ2n) is 6.46. The van der Waals surface area contributed by atoms with E-state index in [2.05, 4.69) is 4.72 Å². The minimum absolute atomic E-state index is 0.0117. The average Bonchev–Trinajstić information content (AvgIpc) is 2.88. The van der Waals surface area contributed by atoms with Crippen LogP contribution >= 0.6 is 0 Å². The first-order valence-corrected chi connectivity index (χ1v) is 10.9. The summed E-state index contributed by atoms with van der Waals surface area (Å²) in [6.07, 6.45) is 4.35. The molecule has 0 unspecified atom stereocenters. The molecule has 1 aromatic carbocycles. The Bertz CT molecular complexity index is 808. The Balaban J connectivity index is 2.54. The molecule has 1 saturated carbocycles. The van der Waals surface area contributed by atoms with Crippen molar-refractivity contribution in [2.75, 3.05) is 12.8 Å². The molecule has 0 amide bonds. The lowest BCUT2D eigenvalue weighted by Crippen LogP contribution is -2.51.